The van der Waals surface area contributed by atoms with Gasteiger partial charge in [-0.3, -0.25) is 4.79 Å². The van der Waals surface area contributed by atoms with Crippen LogP contribution in [-0.2, 0) is 0 Å². The zero-order valence-corrected chi connectivity index (χ0v) is 6.44. The van der Waals surface area contributed by atoms with E-state index in [9.17, 15) is 4.79 Å². The van der Waals surface area contributed by atoms with Crippen molar-refractivity contribution in [1.29, 1.82) is 0 Å². The molecule has 0 aliphatic rings. The number of hydrogen-bond acceptors (Lipinski definition) is 3. The zero-order valence-electron chi connectivity index (χ0n) is 4.28. The Balaban J connectivity index is 2.98. The molecule has 5 nitrogen and oxygen atoms in total. The number of halogens is 1. The van der Waals surface area contributed by atoms with Crippen LogP contribution < -0.4 is 5.73 Å². The lowest BCUT2D eigenvalue weighted by molar-refractivity contribution is 0.0995. The number of rotatable bonds is 1. The minimum absolute atomic E-state index is 0.185. The SMILES string of the molecule is NC(=O)c1cn(I)nn1. The smallest absolute Gasteiger partial charge is 0.270 e. The number of aromatic nitrogens is 3. The average molecular weight is 238 g/mol. The van der Waals surface area contributed by atoms with Gasteiger partial charge in [0.2, 0.25) is 0 Å². The molecule has 0 unspecified atom stereocenters. The molecule has 0 saturated heterocycles. The Morgan fingerprint density at radius 2 is 2.56 bits per heavy atom. The second-order valence-corrected chi connectivity index (χ2v) is 2.35. The zero-order chi connectivity index (χ0) is 6.85. The Labute approximate surface area is 64.7 Å². The van der Waals surface area contributed by atoms with E-state index >= 15 is 0 Å². The first-order valence-corrected chi connectivity index (χ1v) is 3.05. The number of amides is 1. The van der Waals surface area contributed by atoms with Crippen LogP contribution >= 0.6 is 22.9 Å². The predicted octanol–water partition coefficient (Wildman–Crippen LogP) is -0.425. The molecule has 1 aromatic rings. The molecule has 48 valence electrons. The molecule has 0 bridgehead atoms. The summed E-state index contributed by atoms with van der Waals surface area (Å²) in [5, 5.41) is 6.94. The predicted molar refractivity (Wildman–Crippen MR) is 38.0 cm³/mol. The lowest BCUT2D eigenvalue weighted by Crippen LogP contribution is -2.11. The molecule has 1 amide bonds. The number of carbonyl (C=O) groups is 1. The lowest BCUT2D eigenvalue weighted by Gasteiger charge is -1.78. The maximum absolute atomic E-state index is 10.3. The molecule has 6 heteroatoms. The van der Waals surface area contributed by atoms with E-state index in [1.165, 1.54) is 9.09 Å². The number of carbonyl (C=O) groups excluding carboxylic acids is 1. The minimum Gasteiger partial charge on any atom is -0.364 e. The van der Waals surface area contributed by atoms with Gasteiger partial charge in [-0.2, -0.15) is 2.90 Å². The first kappa shape index (κ1) is 6.46. The van der Waals surface area contributed by atoms with Gasteiger partial charge in [-0.15, -0.1) is 5.10 Å². The third kappa shape index (κ3) is 1.37. The van der Waals surface area contributed by atoms with Crippen molar-refractivity contribution in [3.05, 3.63) is 11.9 Å². The van der Waals surface area contributed by atoms with Gasteiger partial charge in [-0.25, -0.2) is 0 Å². The largest absolute Gasteiger partial charge is 0.364 e. The molecule has 0 atom stereocenters. The summed E-state index contributed by atoms with van der Waals surface area (Å²) >= 11 is 1.87. The van der Waals surface area contributed by atoms with E-state index < -0.39 is 5.91 Å². The van der Waals surface area contributed by atoms with Crippen molar-refractivity contribution in [3.63, 3.8) is 0 Å². The molecule has 0 spiro atoms. The topological polar surface area (TPSA) is 73.8 Å². The Bertz CT molecular complexity index is 231. The minimum atomic E-state index is -0.557. The number of primary amides is 1. The van der Waals surface area contributed by atoms with Gasteiger partial charge in [-0.05, 0) is 0 Å². The quantitative estimate of drug-likeness (QED) is 0.675. The number of nitrogens with two attached hydrogens (primary N) is 1. The van der Waals surface area contributed by atoms with Crippen molar-refractivity contribution >= 4 is 28.8 Å². The molecule has 0 radical (unpaired) electrons. The first-order chi connectivity index (χ1) is 4.20. The van der Waals surface area contributed by atoms with Gasteiger partial charge in [0.15, 0.2) is 5.69 Å². The number of nitrogens with zero attached hydrogens (tertiary/aromatic N) is 3. The van der Waals surface area contributed by atoms with Crippen LogP contribution in [0.4, 0.5) is 0 Å². The molecule has 0 fully saturated rings. The molecule has 1 heterocycles. The van der Waals surface area contributed by atoms with Gasteiger partial charge in [0, 0.05) is 0 Å². The summed E-state index contributed by atoms with van der Waals surface area (Å²) in [5.41, 5.74) is 5.05. The molecule has 2 N–H and O–H groups in total. The van der Waals surface area contributed by atoms with Gasteiger partial charge in [0.25, 0.3) is 5.91 Å². The highest BCUT2D eigenvalue weighted by Gasteiger charge is 2.02. The van der Waals surface area contributed by atoms with Crippen LogP contribution in [0.1, 0.15) is 10.5 Å². The second kappa shape index (κ2) is 2.29. The second-order valence-electron chi connectivity index (χ2n) is 1.36. The maximum Gasteiger partial charge on any atom is 0.270 e. The van der Waals surface area contributed by atoms with Crippen molar-refractivity contribution < 1.29 is 4.79 Å². The molecule has 1 rings (SSSR count). The summed E-state index contributed by atoms with van der Waals surface area (Å²) in [4.78, 5) is 10.3. The Morgan fingerprint density at radius 3 is 2.78 bits per heavy atom. The fourth-order valence-corrected chi connectivity index (χ4v) is 0.717. The highest BCUT2D eigenvalue weighted by molar-refractivity contribution is 14.1. The van der Waals surface area contributed by atoms with E-state index in [1.807, 2.05) is 22.9 Å². The summed E-state index contributed by atoms with van der Waals surface area (Å²) in [6.45, 7) is 0. The van der Waals surface area contributed by atoms with Crippen molar-refractivity contribution in [2.45, 2.75) is 0 Å². The Kier molecular flexibility index (Phi) is 1.65. The molecular formula is C3H3IN4O. The molecule has 0 aliphatic heterocycles. The van der Waals surface area contributed by atoms with Gasteiger partial charge < -0.3 is 5.73 Å². The maximum atomic E-state index is 10.3. The molecule has 0 aromatic carbocycles. The van der Waals surface area contributed by atoms with Crippen molar-refractivity contribution in [2.75, 3.05) is 0 Å². The summed E-state index contributed by atoms with van der Waals surface area (Å²) in [6, 6.07) is 0. The highest BCUT2D eigenvalue weighted by Crippen LogP contribution is 1.93. The summed E-state index contributed by atoms with van der Waals surface area (Å²) in [5.74, 6) is -0.557. The third-order valence-corrected chi connectivity index (χ3v) is 1.19. The molecule has 9 heavy (non-hydrogen) atoms. The van der Waals surface area contributed by atoms with Crippen LogP contribution in [0.15, 0.2) is 6.20 Å². The lowest BCUT2D eigenvalue weighted by atomic mass is 10.5. The summed E-state index contributed by atoms with van der Waals surface area (Å²) in [6.07, 6.45) is 1.45. The van der Waals surface area contributed by atoms with E-state index in [1.54, 1.807) is 0 Å². The van der Waals surface area contributed by atoms with Crippen LogP contribution in [0.2, 0.25) is 0 Å². The molecular weight excluding hydrogens is 235 g/mol. The third-order valence-electron chi connectivity index (χ3n) is 0.719. The molecule has 0 saturated carbocycles. The van der Waals surface area contributed by atoms with E-state index in [-0.39, 0.29) is 5.69 Å². The van der Waals surface area contributed by atoms with E-state index in [0.717, 1.165) is 0 Å². The standard InChI is InChI=1S/C3H3IN4O/c4-8-1-2(3(5)9)6-7-8/h1H,(H2,5,9). The molecule has 0 aliphatic carbocycles. The fraction of sp³-hybridized carbons (Fsp3) is 0. The number of hydrogen-bond donors (Lipinski definition) is 1. The van der Waals surface area contributed by atoms with Crippen LogP contribution in [0, 0.1) is 0 Å². The normalized spacial score (nSPS) is 9.44. The van der Waals surface area contributed by atoms with E-state index in [2.05, 4.69) is 10.3 Å². The van der Waals surface area contributed by atoms with Crippen molar-refractivity contribution in [3.8, 4) is 0 Å². The van der Waals surface area contributed by atoms with Gasteiger partial charge >= 0.3 is 0 Å². The van der Waals surface area contributed by atoms with Gasteiger partial charge in [-0.1, -0.05) is 5.21 Å². The fourth-order valence-electron chi connectivity index (χ4n) is 0.356. The van der Waals surface area contributed by atoms with Crippen LogP contribution in [0.5, 0.6) is 0 Å². The van der Waals surface area contributed by atoms with Crippen molar-refractivity contribution in [2.24, 2.45) is 5.73 Å². The van der Waals surface area contributed by atoms with E-state index in [0.29, 0.717) is 0 Å². The van der Waals surface area contributed by atoms with E-state index in [4.69, 9.17) is 5.73 Å². The Morgan fingerprint density at radius 1 is 1.89 bits per heavy atom. The first-order valence-electron chi connectivity index (χ1n) is 2.08. The van der Waals surface area contributed by atoms with Gasteiger partial charge in [0.1, 0.15) is 0 Å². The summed E-state index contributed by atoms with van der Waals surface area (Å²) in [7, 11) is 0. The monoisotopic (exact) mass is 238 g/mol. The summed E-state index contributed by atoms with van der Waals surface area (Å²) < 4.78 is 1.39. The van der Waals surface area contributed by atoms with Gasteiger partial charge in [0.05, 0.1) is 29.1 Å². The molecule has 1 aromatic heterocycles. The van der Waals surface area contributed by atoms with Crippen LogP contribution in [-0.4, -0.2) is 19.1 Å². The Hall–Kier alpha value is -0.660. The van der Waals surface area contributed by atoms with Crippen LogP contribution in [0.3, 0.4) is 0 Å². The highest BCUT2D eigenvalue weighted by atomic mass is 127. The average Bonchev–Trinajstić information content (AvgIpc) is 2.14. The van der Waals surface area contributed by atoms with Crippen LogP contribution in [0.25, 0.3) is 0 Å². The van der Waals surface area contributed by atoms with Crippen molar-refractivity contribution in [1.82, 2.24) is 13.2 Å².